The minimum atomic E-state index is -0.457. The Morgan fingerprint density at radius 3 is 2.11 bits per heavy atom. The second kappa shape index (κ2) is 11.3. The summed E-state index contributed by atoms with van der Waals surface area (Å²) in [6.45, 7) is 0.568. The fraction of sp³-hybridized carbons (Fsp3) is 0.444. The molecular formula is C27H33N3O5. The molecule has 4 rings (SSSR count). The Labute approximate surface area is 206 Å². The summed E-state index contributed by atoms with van der Waals surface area (Å²) < 4.78 is 10.4. The number of nitrogens with one attached hydrogen (secondary N) is 2. The lowest BCUT2D eigenvalue weighted by Gasteiger charge is -2.31. The van der Waals surface area contributed by atoms with Crippen molar-refractivity contribution in [2.24, 2.45) is 0 Å². The molecule has 2 aromatic carbocycles. The third kappa shape index (κ3) is 5.93. The van der Waals surface area contributed by atoms with Gasteiger partial charge >= 0.3 is 0 Å². The molecule has 0 aromatic heterocycles. The van der Waals surface area contributed by atoms with Crippen molar-refractivity contribution in [3.63, 3.8) is 0 Å². The number of methoxy groups -OCH3 is 2. The Morgan fingerprint density at radius 1 is 0.800 bits per heavy atom. The first-order valence-electron chi connectivity index (χ1n) is 12.2. The van der Waals surface area contributed by atoms with Gasteiger partial charge in [0.2, 0.25) is 5.91 Å². The van der Waals surface area contributed by atoms with Crippen molar-refractivity contribution >= 4 is 17.7 Å². The van der Waals surface area contributed by atoms with Gasteiger partial charge in [-0.2, -0.15) is 0 Å². The highest BCUT2D eigenvalue weighted by molar-refractivity contribution is 5.98. The van der Waals surface area contributed by atoms with Gasteiger partial charge in [-0.15, -0.1) is 0 Å². The molecule has 2 N–H and O–H groups in total. The number of benzene rings is 2. The molecule has 1 saturated carbocycles. The lowest BCUT2D eigenvalue weighted by molar-refractivity contribution is -0.125. The first-order valence-corrected chi connectivity index (χ1v) is 12.2. The topological polar surface area (TPSA) is 97.0 Å². The summed E-state index contributed by atoms with van der Waals surface area (Å²) in [5.74, 6) is 0.990. The molecule has 2 fully saturated rings. The standard InChI is InChI=1S/C27H33N3O5/c1-34-22-14-8-18(9-15-22)25(31)28-20-10-12-21(13-11-20)29-26(32)24-7-4-16-30(24)27(33)19-5-3-6-23(17-19)35-2/h3,5-6,8-9,14-15,17,20-21,24H,4,7,10-13,16H2,1-2H3,(H,28,31)(H,29,32)/t20?,21?,24-/m1/s1. The van der Waals surface area contributed by atoms with Crippen molar-refractivity contribution in [2.75, 3.05) is 20.8 Å². The molecule has 1 saturated heterocycles. The monoisotopic (exact) mass is 479 g/mol. The Balaban J connectivity index is 1.27. The quantitative estimate of drug-likeness (QED) is 0.636. The van der Waals surface area contributed by atoms with Crippen LogP contribution < -0.4 is 20.1 Å². The van der Waals surface area contributed by atoms with E-state index in [1.807, 2.05) is 0 Å². The van der Waals surface area contributed by atoms with E-state index in [0.29, 0.717) is 35.6 Å². The van der Waals surface area contributed by atoms with Crippen LogP contribution in [0.4, 0.5) is 0 Å². The predicted molar refractivity (Wildman–Crippen MR) is 132 cm³/mol. The van der Waals surface area contributed by atoms with E-state index < -0.39 is 6.04 Å². The Bertz CT molecular complexity index is 1050. The van der Waals surface area contributed by atoms with E-state index in [2.05, 4.69) is 10.6 Å². The van der Waals surface area contributed by atoms with Crippen LogP contribution in [0.2, 0.25) is 0 Å². The third-order valence-electron chi connectivity index (χ3n) is 6.89. The molecule has 2 aromatic rings. The van der Waals surface area contributed by atoms with Crippen LogP contribution in [-0.2, 0) is 4.79 Å². The number of rotatable bonds is 7. The minimum absolute atomic E-state index is 0.0472. The van der Waals surface area contributed by atoms with Gasteiger partial charge in [0.05, 0.1) is 14.2 Å². The van der Waals surface area contributed by atoms with E-state index in [4.69, 9.17) is 9.47 Å². The van der Waals surface area contributed by atoms with E-state index in [9.17, 15) is 14.4 Å². The summed E-state index contributed by atoms with van der Waals surface area (Å²) in [6, 6.07) is 13.7. The maximum absolute atomic E-state index is 13.1. The van der Waals surface area contributed by atoms with Gasteiger partial charge in [-0.25, -0.2) is 0 Å². The van der Waals surface area contributed by atoms with Crippen LogP contribution in [0.15, 0.2) is 48.5 Å². The van der Waals surface area contributed by atoms with Gasteiger partial charge in [-0.3, -0.25) is 14.4 Å². The number of likely N-dealkylation sites (tertiary alicyclic amines) is 1. The molecule has 0 radical (unpaired) electrons. The van der Waals surface area contributed by atoms with Crippen LogP contribution in [0.25, 0.3) is 0 Å². The van der Waals surface area contributed by atoms with Crippen LogP contribution in [0, 0.1) is 0 Å². The summed E-state index contributed by atoms with van der Waals surface area (Å²) in [5, 5.41) is 6.25. The van der Waals surface area contributed by atoms with Gasteiger partial charge in [0.25, 0.3) is 11.8 Å². The molecule has 1 atom stereocenters. The zero-order valence-corrected chi connectivity index (χ0v) is 20.3. The maximum atomic E-state index is 13.1. The van der Waals surface area contributed by atoms with Gasteiger partial charge in [-0.05, 0) is 81.0 Å². The van der Waals surface area contributed by atoms with Crippen LogP contribution in [-0.4, -0.2) is 61.5 Å². The maximum Gasteiger partial charge on any atom is 0.254 e. The highest BCUT2D eigenvalue weighted by Gasteiger charge is 2.36. The zero-order valence-electron chi connectivity index (χ0n) is 20.3. The van der Waals surface area contributed by atoms with Crippen molar-refractivity contribution in [1.82, 2.24) is 15.5 Å². The summed E-state index contributed by atoms with van der Waals surface area (Å²) in [5.41, 5.74) is 1.13. The summed E-state index contributed by atoms with van der Waals surface area (Å²) in [6.07, 6.45) is 4.63. The normalized spacial score (nSPS) is 21.8. The van der Waals surface area contributed by atoms with E-state index in [1.54, 1.807) is 67.7 Å². The molecule has 8 nitrogen and oxygen atoms in total. The van der Waals surface area contributed by atoms with Crippen molar-refractivity contribution in [3.05, 3.63) is 59.7 Å². The van der Waals surface area contributed by atoms with Gasteiger partial charge in [0, 0.05) is 29.8 Å². The van der Waals surface area contributed by atoms with E-state index in [-0.39, 0.29) is 29.8 Å². The number of ether oxygens (including phenoxy) is 2. The van der Waals surface area contributed by atoms with Crippen LogP contribution in [0.3, 0.4) is 0 Å². The lowest BCUT2D eigenvalue weighted by atomic mass is 9.90. The first-order chi connectivity index (χ1) is 17.0. The molecule has 2 aliphatic rings. The average molecular weight is 480 g/mol. The number of nitrogens with zero attached hydrogens (tertiary/aromatic N) is 1. The van der Waals surface area contributed by atoms with Gasteiger partial charge < -0.3 is 25.0 Å². The summed E-state index contributed by atoms with van der Waals surface area (Å²) >= 11 is 0. The highest BCUT2D eigenvalue weighted by atomic mass is 16.5. The fourth-order valence-electron chi connectivity index (χ4n) is 4.89. The molecule has 1 aliphatic carbocycles. The summed E-state index contributed by atoms with van der Waals surface area (Å²) in [4.78, 5) is 40.3. The molecule has 186 valence electrons. The van der Waals surface area contributed by atoms with Gasteiger partial charge in [-0.1, -0.05) is 6.07 Å². The SMILES string of the molecule is COc1ccc(C(=O)NC2CCC(NC(=O)[C@H]3CCCN3C(=O)c3cccc(OC)c3)CC2)cc1. The predicted octanol–water partition coefficient (Wildman–Crippen LogP) is 3.17. The molecule has 35 heavy (non-hydrogen) atoms. The van der Waals surface area contributed by atoms with Crippen LogP contribution in [0.5, 0.6) is 11.5 Å². The molecule has 0 bridgehead atoms. The summed E-state index contributed by atoms with van der Waals surface area (Å²) in [7, 11) is 3.16. The number of amides is 3. The van der Waals surface area contributed by atoms with Crippen LogP contribution >= 0.6 is 0 Å². The first kappa shape index (κ1) is 24.6. The van der Waals surface area contributed by atoms with E-state index >= 15 is 0 Å². The molecular weight excluding hydrogens is 446 g/mol. The Morgan fingerprint density at radius 2 is 1.46 bits per heavy atom. The largest absolute Gasteiger partial charge is 0.497 e. The minimum Gasteiger partial charge on any atom is -0.497 e. The van der Waals surface area contributed by atoms with Gasteiger partial charge in [0.15, 0.2) is 0 Å². The molecule has 8 heteroatoms. The molecule has 3 amide bonds. The van der Waals surface area contributed by atoms with Gasteiger partial charge in [0.1, 0.15) is 17.5 Å². The average Bonchev–Trinajstić information content (AvgIpc) is 3.39. The smallest absolute Gasteiger partial charge is 0.254 e. The molecule has 1 aliphatic heterocycles. The van der Waals surface area contributed by atoms with Crippen molar-refractivity contribution < 1.29 is 23.9 Å². The molecule has 1 heterocycles. The second-order valence-electron chi connectivity index (χ2n) is 9.15. The number of hydrogen-bond donors (Lipinski definition) is 2. The second-order valence-corrected chi connectivity index (χ2v) is 9.15. The number of hydrogen-bond acceptors (Lipinski definition) is 5. The van der Waals surface area contributed by atoms with Crippen molar-refractivity contribution in [1.29, 1.82) is 0 Å². The molecule has 0 spiro atoms. The van der Waals surface area contributed by atoms with Crippen molar-refractivity contribution in [2.45, 2.75) is 56.7 Å². The number of carbonyl (C=O) groups excluding carboxylic acids is 3. The number of carbonyl (C=O) groups is 3. The van der Waals surface area contributed by atoms with E-state index in [0.717, 1.165) is 32.1 Å². The zero-order chi connectivity index (χ0) is 24.8. The highest BCUT2D eigenvalue weighted by Crippen LogP contribution is 2.24. The lowest BCUT2D eigenvalue weighted by Crippen LogP contribution is -2.50. The van der Waals surface area contributed by atoms with E-state index in [1.165, 1.54) is 0 Å². The Kier molecular flexibility index (Phi) is 7.90. The fourth-order valence-corrected chi connectivity index (χ4v) is 4.89. The van der Waals surface area contributed by atoms with Crippen molar-refractivity contribution in [3.8, 4) is 11.5 Å². The van der Waals surface area contributed by atoms with Crippen LogP contribution in [0.1, 0.15) is 59.2 Å². The Hall–Kier alpha value is -3.55. The third-order valence-corrected chi connectivity index (χ3v) is 6.89. The molecule has 0 unspecified atom stereocenters.